The van der Waals surface area contributed by atoms with Gasteiger partial charge in [-0.1, -0.05) is 40.2 Å². The molecule has 110 valence electrons. The van der Waals surface area contributed by atoms with Crippen LogP contribution < -0.4 is 10.6 Å². The van der Waals surface area contributed by atoms with Gasteiger partial charge in [0.2, 0.25) is 5.91 Å². The molecule has 0 saturated carbocycles. The number of piperidine rings is 1. The molecule has 1 amide bonds. The summed E-state index contributed by atoms with van der Waals surface area (Å²) < 4.78 is 1.04. The fraction of sp³-hybridized carbons (Fsp3) is 0.353. The zero-order chi connectivity index (χ0) is 14.9. The first-order valence-electron chi connectivity index (χ1n) is 7.30. The predicted molar refractivity (Wildman–Crippen MR) is 90.5 cm³/mol. The summed E-state index contributed by atoms with van der Waals surface area (Å²) in [6, 6.07) is 12.0. The van der Waals surface area contributed by atoms with E-state index in [9.17, 15) is 4.79 Å². The molecule has 1 heterocycles. The van der Waals surface area contributed by atoms with Gasteiger partial charge >= 0.3 is 0 Å². The van der Waals surface area contributed by atoms with E-state index in [1.54, 1.807) is 0 Å². The number of hydrogen-bond acceptors (Lipinski definition) is 2. The predicted octanol–water partition coefficient (Wildman–Crippen LogP) is 3.93. The van der Waals surface area contributed by atoms with Gasteiger partial charge in [-0.2, -0.15) is 0 Å². The Hall–Kier alpha value is -1.39. The third-order valence-electron chi connectivity index (χ3n) is 4.26. The number of anilines is 1. The molecule has 0 aromatic heterocycles. The number of benzene rings is 2. The Kier molecular flexibility index (Phi) is 4.00. The fourth-order valence-electron chi connectivity index (χ4n) is 2.89. The molecule has 0 radical (unpaired) electrons. The highest BCUT2D eigenvalue weighted by Crippen LogP contribution is 2.32. The van der Waals surface area contributed by atoms with Crippen molar-refractivity contribution in [2.45, 2.75) is 19.8 Å². The second-order valence-electron chi connectivity index (χ2n) is 5.94. The average Bonchev–Trinajstić information content (AvgIpc) is 2.51. The van der Waals surface area contributed by atoms with Crippen molar-refractivity contribution in [3.63, 3.8) is 0 Å². The van der Waals surface area contributed by atoms with E-state index < -0.39 is 0 Å². The summed E-state index contributed by atoms with van der Waals surface area (Å²) in [4.78, 5) is 12.7. The number of rotatable bonds is 2. The van der Waals surface area contributed by atoms with Crippen LogP contribution in [0.4, 0.5) is 5.69 Å². The number of amides is 1. The van der Waals surface area contributed by atoms with Gasteiger partial charge in [-0.05, 0) is 43.8 Å². The lowest BCUT2D eigenvalue weighted by atomic mass is 9.82. The summed E-state index contributed by atoms with van der Waals surface area (Å²) in [5, 5.41) is 8.62. The van der Waals surface area contributed by atoms with E-state index in [-0.39, 0.29) is 11.3 Å². The van der Waals surface area contributed by atoms with Gasteiger partial charge < -0.3 is 10.6 Å². The lowest BCUT2D eigenvalue weighted by molar-refractivity contribution is -0.125. The Balaban J connectivity index is 1.91. The zero-order valence-electron chi connectivity index (χ0n) is 12.1. The number of carbonyl (C=O) groups is 1. The Bertz CT molecular complexity index is 678. The van der Waals surface area contributed by atoms with Gasteiger partial charge in [-0.25, -0.2) is 0 Å². The number of nitrogens with one attached hydrogen (secondary N) is 2. The van der Waals surface area contributed by atoms with Gasteiger partial charge in [-0.3, -0.25) is 4.79 Å². The van der Waals surface area contributed by atoms with Crippen LogP contribution in [-0.2, 0) is 4.79 Å². The highest BCUT2D eigenvalue weighted by molar-refractivity contribution is 9.10. The molecule has 3 nitrogen and oxygen atoms in total. The lowest BCUT2D eigenvalue weighted by Gasteiger charge is -2.32. The standard InChI is InChI=1S/C17H19BrN2O/c1-17(9-4-10-19-11-17)16(21)20-15-8-7-14(18)12-5-2-3-6-13(12)15/h2-3,5-8,19H,4,9-11H2,1H3,(H,20,21). The second kappa shape index (κ2) is 5.78. The van der Waals surface area contributed by atoms with Crippen LogP contribution >= 0.6 is 15.9 Å². The average molecular weight is 347 g/mol. The zero-order valence-corrected chi connectivity index (χ0v) is 13.7. The Labute approximate surface area is 133 Å². The van der Waals surface area contributed by atoms with Crippen LogP contribution in [0.3, 0.4) is 0 Å². The normalized spacial score (nSPS) is 22.2. The van der Waals surface area contributed by atoms with E-state index >= 15 is 0 Å². The van der Waals surface area contributed by atoms with Crippen molar-refractivity contribution >= 4 is 38.3 Å². The van der Waals surface area contributed by atoms with Gasteiger partial charge in [0.05, 0.1) is 5.41 Å². The molecule has 1 atom stereocenters. The molecule has 1 fully saturated rings. The van der Waals surface area contributed by atoms with Gasteiger partial charge in [0.25, 0.3) is 0 Å². The first kappa shape index (κ1) is 14.5. The van der Waals surface area contributed by atoms with Gasteiger partial charge in [0, 0.05) is 22.1 Å². The highest BCUT2D eigenvalue weighted by atomic mass is 79.9. The Morgan fingerprint density at radius 2 is 2.00 bits per heavy atom. The summed E-state index contributed by atoms with van der Waals surface area (Å²) in [6.07, 6.45) is 1.98. The molecule has 0 aliphatic carbocycles. The molecule has 3 rings (SSSR count). The van der Waals surface area contributed by atoms with E-state index in [1.807, 2.05) is 37.3 Å². The van der Waals surface area contributed by atoms with E-state index in [4.69, 9.17) is 0 Å². The maximum Gasteiger partial charge on any atom is 0.231 e. The summed E-state index contributed by atoms with van der Waals surface area (Å²) in [5.74, 6) is 0.0992. The Morgan fingerprint density at radius 1 is 1.24 bits per heavy atom. The first-order chi connectivity index (χ1) is 10.1. The SMILES string of the molecule is CC1(C(=O)Nc2ccc(Br)c3ccccc23)CCCNC1. The van der Waals surface area contributed by atoms with Crippen molar-refractivity contribution in [1.29, 1.82) is 0 Å². The summed E-state index contributed by atoms with van der Waals surface area (Å²) in [5.41, 5.74) is 0.553. The van der Waals surface area contributed by atoms with Crippen LogP contribution in [0.25, 0.3) is 10.8 Å². The number of fused-ring (bicyclic) bond motifs is 1. The molecule has 21 heavy (non-hydrogen) atoms. The van der Waals surface area contributed by atoms with Crippen LogP contribution in [0.15, 0.2) is 40.9 Å². The highest BCUT2D eigenvalue weighted by Gasteiger charge is 2.34. The van der Waals surface area contributed by atoms with Crippen LogP contribution in [0.1, 0.15) is 19.8 Å². The molecule has 2 N–H and O–H groups in total. The van der Waals surface area contributed by atoms with Crippen LogP contribution in [0.5, 0.6) is 0 Å². The van der Waals surface area contributed by atoms with Crippen molar-refractivity contribution in [2.75, 3.05) is 18.4 Å². The quantitative estimate of drug-likeness (QED) is 0.864. The number of halogens is 1. The molecule has 1 saturated heterocycles. The maximum absolute atomic E-state index is 12.7. The van der Waals surface area contributed by atoms with Crippen LogP contribution in [0, 0.1) is 5.41 Å². The topological polar surface area (TPSA) is 41.1 Å². The van der Waals surface area contributed by atoms with Crippen LogP contribution in [0.2, 0.25) is 0 Å². The van der Waals surface area contributed by atoms with Crippen molar-refractivity contribution in [3.8, 4) is 0 Å². The number of carbonyl (C=O) groups excluding carboxylic acids is 1. The maximum atomic E-state index is 12.7. The van der Waals surface area contributed by atoms with Crippen molar-refractivity contribution < 1.29 is 4.79 Å². The van der Waals surface area contributed by atoms with Gasteiger partial charge in [0.1, 0.15) is 0 Å². The smallest absolute Gasteiger partial charge is 0.231 e. The second-order valence-corrected chi connectivity index (χ2v) is 6.79. The van der Waals surface area contributed by atoms with Crippen molar-refractivity contribution in [2.24, 2.45) is 5.41 Å². The minimum absolute atomic E-state index is 0.0992. The minimum atomic E-state index is -0.327. The summed E-state index contributed by atoms with van der Waals surface area (Å²) >= 11 is 3.56. The molecule has 2 aromatic rings. The molecule has 0 bridgehead atoms. The molecular formula is C17H19BrN2O. The van der Waals surface area contributed by atoms with Gasteiger partial charge in [-0.15, -0.1) is 0 Å². The molecule has 1 unspecified atom stereocenters. The lowest BCUT2D eigenvalue weighted by Crippen LogP contribution is -2.46. The Morgan fingerprint density at radius 3 is 2.71 bits per heavy atom. The molecule has 0 spiro atoms. The summed E-state index contributed by atoms with van der Waals surface area (Å²) in [6.45, 7) is 3.78. The van der Waals surface area contributed by atoms with Crippen molar-refractivity contribution in [3.05, 3.63) is 40.9 Å². The molecular weight excluding hydrogens is 328 g/mol. The molecule has 1 aliphatic rings. The third-order valence-corrected chi connectivity index (χ3v) is 4.96. The molecule has 4 heteroatoms. The summed E-state index contributed by atoms with van der Waals surface area (Å²) in [7, 11) is 0. The first-order valence-corrected chi connectivity index (χ1v) is 8.09. The monoisotopic (exact) mass is 346 g/mol. The van der Waals surface area contributed by atoms with E-state index in [1.165, 1.54) is 0 Å². The molecule has 2 aromatic carbocycles. The molecule has 1 aliphatic heterocycles. The van der Waals surface area contributed by atoms with Crippen LogP contribution in [-0.4, -0.2) is 19.0 Å². The van der Waals surface area contributed by atoms with E-state index in [0.717, 1.165) is 46.9 Å². The van der Waals surface area contributed by atoms with Crippen molar-refractivity contribution in [1.82, 2.24) is 5.32 Å². The third kappa shape index (κ3) is 2.83. The largest absolute Gasteiger partial charge is 0.325 e. The fourth-order valence-corrected chi connectivity index (χ4v) is 3.37. The number of hydrogen-bond donors (Lipinski definition) is 2. The van der Waals surface area contributed by atoms with Gasteiger partial charge in [0.15, 0.2) is 0 Å². The van der Waals surface area contributed by atoms with E-state index in [0.29, 0.717) is 0 Å². The van der Waals surface area contributed by atoms with E-state index in [2.05, 4.69) is 32.6 Å². The minimum Gasteiger partial charge on any atom is -0.325 e.